The third-order valence-corrected chi connectivity index (χ3v) is 2.80. The fourth-order valence-corrected chi connectivity index (χ4v) is 1.90. The van der Waals surface area contributed by atoms with Crippen molar-refractivity contribution >= 4 is 5.97 Å². The van der Waals surface area contributed by atoms with E-state index < -0.39 is 5.97 Å². The molecule has 18 heavy (non-hydrogen) atoms. The second kappa shape index (κ2) is 3.76. The molecule has 0 saturated heterocycles. The van der Waals surface area contributed by atoms with Gasteiger partial charge in [0.2, 0.25) is 6.79 Å². The lowest BCUT2D eigenvalue weighted by Crippen LogP contribution is -1.95. The lowest BCUT2D eigenvalue weighted by atomic mass is 10.1. The zero-order chi connectivity index (χ0) is 12.7. The number of H-pyrrole nitrogens is 1. The van der Waals surface area contributed by atoms with Gasteiger partial charge in [-0.15, -0.1) is 0 Å². The zero-order valence-corrected chi connectivity index (χ0v) is 9.56. The molecular formula is C12H10N2O4. The number of fused-ring (bicyclic) bond motifs is 1. The topological polar surface area (TPSA) is 84.4 Å². The van der Waals surface area contributed by atoms with Gasteiger partial charge in [0.1, 0.15) is 5.69 Å². The number of nitrogens with one attached hydrogen (secondary N) is 1. The van der Waals surface area contributed by atoms with Crippen LogP contribution in [-0.2, 0) is 0 Å². The van der Waals surface area contributed by atoms with E-state index in [1.165, 1.54) is 6.07 Å². The smallest absolute Gasteiger partial charge is 0.353 e. The Kier molecular flexibility index (Phi) is 2.22. The molecule has 0 fully saturated rings. The Morgan fingerprint density at radius 3 is 2.89 bits per heavy atom. The maximum Gasteiger partial charge on any atom is 0.353 e. The number of nitrogens with zero attached hydrogens (tertiary/aromatic N) is 1. The number of aromatic nitrogens is 2. The molecule has 2 aromatic rings. The minimum atomic E-state index is -1.05. The second-order valence-corrected chi connectivity index (χ2v) is 3.97. The van der Waals surface area contributed by atoms with E-state index in [0.717, 1.165) is 11.1 Å². The molecule has 6 heteroatoms. The Morgan fingerprint density at radius 1 is 1.39 bits per heavy atom. The minimum absolute atomic E-state index is 0.0400. The minimum Gasteiger partial charge on any atom is -0.477 e. The molecule has 0 saturated carbocycles. The van der Waals surface area contributed by atoms with Crippen LogP contribution in [0, 0.1) is 6.92 Å². The third kappa shape index (κ3) is 1.50. The Bertz CT molecular complexity index is 633. The van der Waals surface area contributed by atoms with E-state index in [0.29, 0.717) is 17.2 Å². The Morgan fingerprint density at radius 2 is 2.17 bits per heavy atom. The fraction of sp³-hybridized carbons (Fsp3) is 0.167. The van der Waals surface area contributed by atoms with Crippen LogP contribution in [0.25, 0.3) is 11.3 Å². The van der Waals surface area contributed by atoms with Gasteiger partial charge in [-0.05, 0) is 24.6 Å². The van der Waals surface area contributed by atoms with Crippen LogP contribution in [0.3, 0.4) is 0 Å². The van der Waals surface area contributed by atoms with Crippen molar-refractivity contribution in [3.63, 3.8) is 0 Å². The number of hydrogen-bond acceptors (Lipinski definition) is 4. The van der Waals surface area contributed by atoms with Crippen molar-refractivity contribution in [2.75, 3.05) is 6.79 Å². The maximum absolute atomic E-state index is 10.8. The summed E-state index contributed by atoms with van der Waals surface area (Å²) in [6, 6.07) is 5.19. The van der Waals surface area contributed by atoms with Crippen molar-refractivity contribution in [3.05, 3.63) is 29.5 Å². The molecule has 0 aliphatic carbocycles. The van der Waals surface area contributed by atoms with Gasteiger partial charge >= 0.3 is 5.97 Å². The first kappa shape index (κ1) is 10.6. The number of benzene rings is 1. The van der Waals surface area contributed by atoms with Gasteiger partial charge in [-0.1, -0.05) is 6.07 Å². The summed E-state index contributed by atoms with van der Waals surface area (Å²) in [5, 5.41) is 15.3. The SMILES string of the molecule is Cc1ccc(-c2cc(C(=O)O)[nH]n2)c2c1OCO2. The van der Waals surface area contributed by atoms with Gasteiger partial charge in [-0.25, -0.2) is 4.79 Å². The Hall–Kier alpha value is -2.50. The summed E-state index contributed by atoms with van der Waals surface area (Å²) in [6.45, 7) is 2.09. The van der Waals surface area contributed by atoms with Crippen LogP contribution >= 0.6 is 0 Å². The van der Waals surface area contributed by atoms with E-state index in [1.54, 1.807) is 0 Å². The molecule has 1 aromatic carbocycles. The van der Waals surface area contributed by atoms with E-state index in [1.807, 2.05) is 19.1 Å². The summed E-state index contributed by atoms with van der Waals surface area (Å²) in [7, 11) is 0. The molecule has 0 spiro atoms. The molecule has 0 amide bonds. The number of carboxylic acid groups (broad SMARTS) is 1. The number of carboxylic acids is 1. The molecule has 1 aliphatic rings. The standard InChI is InChI=1S/C12H10N2O4/c1-6-2-3-7(11-10(6)17-5-18-11)8-4-9(12(15)16)14-13-8/h2-4H,5H2,1H3,(H,13,14)(H,15,16). The van der Waals surface area contributed by atoms with Crippen molar-refractivity contribution in [3.8, 4) is 22.8 Å². The molecular weight excluding hydrogens is 236 g/mol. The van der Waals surface area contributed by atoms with Gasteiger partial charge in [0.25, 0.3) is 0 Å². The van der Waals surface area contributed by atoms with Crippen LogP contribution in [0.2, 0.25) is 0 Å². The van der Waals surface area contributed by atoms with Crippen LogP contribution in [0.4, 0.5) is 0 Å². The molecule has 0 unspecified atom stereocenters. The van der Waals surface area contributed by atoms with Crippen LogP contribution in [0.5, 0.6) is 11.5 Å². The second-order valence-electron chi connectivity index (χ2n) is 3.97. The molecule has 2 N–H and O–H groups in total. The molecule has 92 valence electrons. The van der Waals surface area contributed by atoms with Gasteiger partial charge in [0.15, 0.2) is 11.5 Å². The van der Waals surface area contributed by atoms with Gasteiger partial charge < -0.3 is 14.6 Å². The predicted octanol–water partition coefficient (Wildman–Crippen LogP) is 1.81. The molecule has 0 bridgehead atoms. The summed E-state index contributed by atoms with van der Waals surface area (Å²) in [4.78, 5) is 10.8. The van der Waals surface area contributed by atoms with Crippen LogP contribution in [0.15, 0.2) is 18.2 Å². The van der Waals surface area contributed by atoms with E-state index >= 15 is 0 Å². The molecule has 2 heterocycles. The summed E-state index contributed by atoms with van der Waals surface area (Å²) >= 11 is 0. The molecule has 0 radical (unpaired) electrons. The molecule has 0 atom stereocenters. The summed E-state index contributed by atoms with van der Waals surface area (Å²) in [5.41, 5.74) is 2.25. The highest BCUT2D eigenvalue weighted by Crippen LogP contribution is 2.42. The van der Waals surface area contributed by atoms with Crippen molar-refractivity contribution in [2.45, 2.75) is 6.92 Å². The predicted molar refractivity (Wildman–Crippen MR) is 61.8 cm³/mol. The highest BCUT2D eigenvalue weighted by Gasteiger charge is 2.22. The van der Waals surface area contributed by atoms with Crippen molar-refractivity contribution < 1.29 is 19.4 Å². The molecule has 1 aliphatic heterocycles. The third-order valence-electron chi connectivity index (χ3n) is 2.80. The quantitative estimate of drug-likeness (QED) is 0.844. The van der Waals surface area contributed by atoms with Gasteiger partial charge in [0.05, 0.1) is 5.69 Å². The van der Waals surface area contributed by atoms with Crippen LogP contribution in [-0.4, -0.2) is 28.1 Å². The number of aromatic amines is 1. The molecule has 3 rings (SSSR count). The average Bonchev–Trinajstić information content (AvgIpc) is 2.98. The first-order valence-corrected chi connectivity index (χ1v) is 5.35. The number of aromatic carboxylic acids is 1. The first-order valence-electron chi connectivity index (χ1n) is 5.35. The molecule has 6 nitrogen and oxygen atoms in total. The number of hydrogen-bond donors (Lipinski definition) is 2. The normalized spacial score (nSPS) is 12.7. The monoisotopic (exact) mass is 246 g/mol. The number of rotatable bonds is 2. The van der Waals surface area contributed by atoms with E-state index in [-0.39, 0.29) is 12.5 Å². The molecule has 1 aromatic heterocycles. The fourth-order valence-electron chi connectivity index (χ4n) is 1.90. The summed E-state index contributed by atoms with van der Waals surface area (Å²) in [5.74, 6) is 0.250. The van der Waals surface area contributed by atoms with Gasteiger partial charge in [0, 0.05) is 5.56 Å². The number of aryl methyl sites for hydroxylation is 1. The zero-order valence-electron chi connectivity index (χ0n) is 9.56. The van der Waals surface area contributed by atoms with E-state index in [2.05, 4.69) is 10.2 Å². The van der Waals surface area contributed by atoms with Gasteiger partial charge in [-0.3, -0.25) is 5.10 Å². The first-order chi connectivity index (χ1) is 8.66. The number of carbonyl (C=O) groups is 1. The van der Waals surface area contributed by atoms with E-state index in [9.17, 15) is 4.79 Å². The Labute approximate surface area is 102 Å². The maximum atomic E-state index is 10.8. The highest BCUT2D eigenvalue weighted by molar-refractivity contribution is 5.87. The van der Waals surface area contributed by atoms with Crippen molar-refractivity contribution in [1.82, 2.24) is 10.2 Å². The summed E-state index contributed by atoms with van der Waals surface area (Å²) < 4.78 is 10.8. The average molecular weight is 246 g/mol. The highest BCUT2D eigenvalue weighted by atomic mass is 16.7. The van der Waals surface area contributed by atoms with Crippen molar-refractivity contribution in [1.29, 1.82) is 0 Å². The van der Waals surface area contributed by atoms with E-state index in [4.69, 9.17) is 14.6 Å². The lowest BCUT2D eigenvalue weighted by molar-refractivity contribution is 0.0690. The van der Waals surface area contributed by atoms with Crippen LogP contribution < -0.4 is 9.47 Å². The lowest BCUT2D eigenvalue weighted by Gasteiger charge is -2.04. The Balaban J connectivity index is 2.12. The number of ether oxygens (including phenoxy) is 2. The van der Waals surface area contributed by atoms with Crippen molar-refractivity contribution in [2.24, 2.45) is 0 Å². The largest absolute Gasteiger partial charge is 0.477 e. The van der Waals surface area contributed by atoms with Crippen LogP contribution in [0.1, 0.15) is 16.1 Å². The van der Waals surface area contributed by atoms with Gasteiger partial charge in [-0.2, -0.15) is 5.10 Å². The summed E-state index contributed by atoms with van der Waals surface area (Å²) in [6.07, 6.45) is 0.